The third kappa shape index (κ3) is 4.41. The van der Waals surface area contributed by atoms with E-state index in [2.05, 4.69) is 27.8 Å². The summed E-state index contributed by atoms with van der Waals surface area (Å²) in [7, 11) is 3.15. The molecule has 0 aliphatic carbocycles. The number of carbonyl (C=O) groups is 1. The maximum atomic E-state index is 11.7. The van der Waals surface area contributed by atoms with E-state index in [1.165, 1.54) is 0 Å². The van der Waals surface area contributed by atoms with Crippen molar-refractivity contribution in [3.63, 3.8) is 0 Å². The number of hydrogen-bond donors (Lipinski definition) is 1. The normalized spacial score (nSPS) is 9.72. The van der Waals surface area contributed by atoms with Crippen LogP contribution in [0.2, 0.25) is 0 Å². The summed E-state index contributed by atoms with van der Waals surface area (Å²) in [6.45, 7) is 4.07. The van der Waals surface area contributed by atoms with E-state index >= 15 is 0 Å². The van der Waals surface area contributed by atoms with Gasteiger partial charge in [0.15, 0.2) is 0 Å². The molecule has 98 valence electrons. The first kappa shape index (κ1) is 14.6. The van der Waals surface area contributed by atoms with Gasteiger partial charge in [0.05, 0.1) is 20.6 Å². The minimum absolute atomic E-state index is 0.0842. The summed E-state index contributed by atoms with van der Waals surface area (Å²) >= 11 is 3.18. The summed E-state index contributed by atoms with van der Waals surface area (Å²) in [5, 5.41) is 2.74. The average molecular weight is 314 g/mol. The van der Waals surface area contributed by atoms with Gasteiger partial charge < -0.3 is 14.8 Å². The lowest BCUT2D eigenvalue weighted by Gasteiger charge is -2.10. The van der Waals surface area contributed by atoms with Crippen LogP contribution in [0.25, 0.3) is 0 Å². The zero-order valence-electron chi connectivity index (χ0n) is 10.5. The minimum Gasteiger partial charge on any atom is -0.497 e. The smallest absolute Gasteiger partial charge is 0.224 e. The van der Waals surface area contributed by atoms with Crippen LogP contribution in [-0.4, -0.2) is 26.7 Å². The standard InChI is InChI=1S/C13H16BrNO3/c1-9(14)8-15-13(16)6-10-4-5-11(17-2)7-12(10)18-3/h4-5,7H,1,6,8H2,2-3H3,(H,15,16). The Labute approximate surface area is 115 Å². The van der Waals surface area contributed by atoms with Crippen LogP contribution >= 0.6 is 15.9 Å². The summed E-state index contributed by atoms with van der Waals surface area (Å²) in [5.74, 6) is 1.26. The van der Waals surface area contributed by atoms with Gasteiger partial charge in [-0.3, -0.25) is 4.79 Å². The van der Waals surface area contributed by atoms with E-state index in [0.717, 1.165) is 10.0 Å². The predicted octanol–water partition coefficient (Wildman–Crippen LogP) is 2.27. The second-order valence-electron chi connectivity index (χ2n) is 3.65. The minimum atomic E-state index is -0.0842. The zero-order valence-corrected chi connectivity index (χ0v) is 12.0. The van der Waals surface area contributed by atoms with Gasteiger partial charge in [0.25, 0.3) is 0 Å². The third-order valence-electron chi connectivity index (χ3n) is 2.32. The molecule has 4 nitrogen and oxygen atoms in total. The molecule has 0 atom stereocenters. The highest BCUT2D eigenvalue weighted by molar-refractivity contribution is 9.11. The number of methoxy groups -OCH3 is 2. The van der Waals surface area contributed by atoms with Crippen LogP contribution in [0.15, 0.2) is 29.3 Å². The molecule has 0 radical (unpaired) electrons. The summed E-state index contributed by atoms with van der Waals surface area (Å²) < 4.78 is 11.1. The summed E-state index contributed by atoms with van der Waals surface area (Å²) in [4.78, 5) is 11.7. The SMILES string of the molecule is C=C(Br)CNC(=O)Cc1ccc(OC)cc1OC. The molecule has 1 N–H and O–H groups in total. The molecule has 0 saturated heterocycles. The van der Waals surface area contributed by atoms with Crippen LogP contribution in [-0.2, 0) is 11.2 Å². The van der Waals surface area contributed by atoms with Crippen LogP contribution < -0.4 is 14.8 Å². The van der Waals surface area contributed by atoms with Crippen molar-refractivity contribution in [2.45, 2.75) is 6.42 Å². The van der Waals surface area contributed by atoms with Crippen molar-refractivity contribution in [3.8, 4) is 11.5 Å². The molecule has 0 aliphatic heterocycles. The number of benzene rings is 1. The number of carbonyl (C=O) groups excluding carboxylic acids is 1. The van der Waals surface area contributed by atoms with Gasteiger partial charge in [0.2, 0.25) is 5.91 Å². The van der Waals surface area contributed by atoms with Gasteiger partial charge in [0, 0.05) is 22.7 Å². The second-order valence-corrected chi connectivity index (χ2v) is 4.77. The fourth-order valence-corrected chi connectivity index (χ4v) is 1.57. The van der Waals surface area contributed by atoms with Gasteiger partial charge in [-0.15, -0.1) is 0 Å². The number of hydrogen-bond acceptors (Lipinski definition) is 3. The average Bonchev–Trinajstić information content (AvgIpc) is 2.36. The van der Waals surface area contributed by atoms with Crippen molar-refractivity contribution < 1.29 is 14.3 Å². The Balaban J connectivity index is 2.71. The zero-order chi connectivity index (χ0) is 13.5. The molecule has 0 heterocycles. The Morgan fingerprint density at radius 2 is 2.11 bits per heavy atom. The third-order valence-corrected chi connectivity index (χ3v) is 2.60. The van der Waals surface area contributed by atoms with E-state index in [4.69, 9.17) is 9.47 Å². The fourth-order valence-electron chi connectivity index (χ4n) is 1.43. The highest BCUT2D eigenvalue weighted by Gasteiger charge is 2.09. The maximum absolute atomic E-state index is 11.7. The lowest BCUT2D eigenvalue weighted by molar-refractivity contribution is -0.120. The number of ether oxygens (including phenoxy) is 2. The van der Waals surface area contributed by atoms with Crippen molar-refractivity contribution >= 4 is 21.8 Å². The molecule has 18 heavy (non-hydrogen) atoms. The topological polar surface area (TPSA) is 47.6 Å². The highest BCUT2D eigenvalue weighted by atomic mass is 79.9. The van der Waals surface area contributed by atoms with Gasteiger partial charge in [-0.25, -0.2) is 0 Å². The molecule has 0 bridgehead atoms. The summed E-state index contributed by atoms with van der Waals surface area (Å²) in [5.41, 5.74) is 0.816. The van der Waals surface area contributed by atoms with E-state index in [0.29, 0.717) is 18.0 Å². The molecule has 1 amide bonds. The molecule has 0 unspecified atom stereocenters. The van der Waals surface area contributed by atoms with Gasteiger partial charge in [-0.2, -0.15) is 0 Å². The molecular weight excluding hydrogens is 298 g/mol. The Morgan fingerprint density at radius 3 is 2.67 bits per heavy atom. The molecule has 0 fully saturated rings. The lowest BCUT2D eigenvalue weighted by Crippen LogP contribution is -2.26. The van der Waals surface area contributed by atoms with Gasteiger partial charge >= 0.3 is 0 Å². The van der Waals surface area contributed by atoms with Gasteiger partial charge in [-0.05, 0) is 6.07 Å². The molecule has 0 aromatic heterocycles. The van der Waals surface area contributed by atoms with Gasteiger partial charge in [0.1, 0.15) is 11.5 Å². The molecule has 1 aromatic carbocycles. The first-order chi connectivity index (χ1) is 8.56. The molecule has 0 spiro atoms. The first-order valence-electron chi connectivity index (χ1n) is 5.37. The lowest BCUT2D eigenvalue weighted by atomic mass is 10.1. The van der Waals surface area contributed by atoms with Crippen LogP contribution in [0.3, 0.4) is 0 Å². The molecule has 0 aliphatic rings. The van der Waals surface area contributed by atoms with E-state index in [9.17, 15) is 4.79 Å². The van der Waals surface area contributed by atoms with Gasteiger partial charge in [-0.1, -0.05) is 28.6 Å². The number of amides is 1. The number of rotatable bonds is 6. The van der Waals surface area contributed by atoms with Crippen LogP contribution in [0.1, 0.15) is 5.56 Å². The van der Waals surface area contributed by atoms with Crippen molar-refractivity contribution in [2.24, 2.45) is 0 Å². The van der Waals surface area contributed by atoms with E-state index < -0.39 is 0 Å². The fraction of sp³-hybridized carbons (Fsp3) is 0.308. The summed E-state index contributed by atoms with van der Waals surface area (Å²) in [6.07, 6.45) is 0.257. The predicted molar refractivity (Wildman–Crippen MR) is 74.3 cm³/mol. The first-order valence-corrected chi connectivity index (χ1v) is 6.17. The molecule has 1 aromatic rings. The van der Waals surface area contributed by atoms with E-state index in [-0.39, 0.29) is 12.3 Å². The Bertz CT molecular complexity index is 446. The van der Waals surface area contributed by atoms with Crippen molar-refractivity contribution in [2.75, 3.05) is 20.8 Å². The summed E-state index contributed by atoms with van der Waals surface area (Å²) in [6, 6.07) is 5.38. The highest BCUT2D eigenvalue weighted by Crippen LogP contribution is 2.24. The maximum Gasteiger partial charge on any atom is 0.224 e. The Hall–Kier alpha value is -1.49. The molecule has 5 heteroatoms. The monoisotopic (exact) mass is 313 g/mol. The molecule has 0 saturated carbocycles. The van der Waals surface area contributed by atoms with E-state index in [1.54, 1.807) is 26.4 Å². The van der Waals surface area contributed by atoms with Crippen LogP contribution in [0.5, 0.6) is 11.5 Å². The van der Waals surface area contributed by atoms with E-state index in [1.807, 2.05) is 6.07 Å². The molecule has 1 rings (SSSR count). The number of nitrogens with one attached hydrogen (secondary N) is 1. The molecular formula is C13H16BrNO3. The number of halogens is 1. The largest absolute Gasteiger partial charge is 0.497 e. The Morgan fingerprint density at radius 1 is 1.39 bits per heavy atom. The van der Waals surface area contributed by atoms with Crippen LogP contribution in [0, 0.1) is 0 Å². The van der Waals surface area contributed by atoms with Crippen LogP contribution in [0.4, 0.5) is 0 Å². The second kappa shape index (κ2) is 7.06. The van der Waals surface area contributed by atoms with Crippen molar-refractivity contribution in [3.05, 3.63) is 34.8 Å². The van der Waals surface area contributed by atoms with Crippen molar-refractivity contribution in [1.82, 2.24) is 5.32 Å². The Kier molecular flexibility index (Phi) is 5.71. The van der Waals surface area contributed by atoms with Crippen molar-refractivity contribution in [1.29, 1.82) is 0 Å². The quantitative estimate of drug-likeness (QED) is 0.876.